The van der Waals surface area contributed by atoms with Crippen LogP contribution in [0.4, 0.5) is 5.95 Å². The minimum Gasteiger partial charge on any atom is -0.462 e. The number of esters is 1. The number of anilines is 1. The van der Waals surface area contributed by atoms with Crippen molar-refractivity contribution in [2.45, 2.75) is 62.3 Å². The fourth-order valence-corrected chi connectivity index (χ4v) is 6.49. The Balaban J connectivity index is 1.69. The van der Waals surface area contributed by atoms with Gasteiger partial charge in [0.05, 0.1) is 11.5 Å². The predicted molar refractivity (Wildman–Crippen MR) is 160 cm³/mol. The Morgan fingerprint density at radius 3 is 2.62 bits per heavy atom. The van der Waals surface area contributed by atoms with Gasteiger partial charge in [0.2, 0.25) is 5.95 Å². The van der Waals surface area contributed by atoms with Gasteiger partial charge in [-0.15, -0.1) is 6.42 Å². The molecule has 6 atom stereocenters. The smallest absolute Gasteiger partial charge is 0.458 e. The number of hydrogen-bond acceptors (Lipinski definition) is 11. The number of hydrogen-bond donors (Lipinski definition) is 5. The highest BCUT2D eigenvalue weighted by Crippen LogP contribution is 2.51. The summed E-state index contributed by atoms with van der Waals surface area (Å²) in [6, 6.07) is 8.55. The van der Waals surface area contributed by atoms with Crippen molar-refractivity contribution in [3.8, 4) is 18.1 Å². The van der Waals surface area contributed by atoms with Crippen LogP contribution in [0.25, 0.3) is 11.0 Å². The fraction of sp³-hybridized carbons (Fsp3) is 0.400. The number of carbonyl (C=O) groups excluding carboxylic acids is 1. The molecule has 0 spiro atoms. The lowest BCUT2D eigenvalue weighted by atomic mass is 9.60. The van der Waals surface area contributed by atoms with Gasteiger partial charge < -0.3 is 35.1 Å². The van der Waals surface area contributed by atoms with Crippen LogP contribution in [-0.2, 0) is 23.4 Å². The first-order chi connectivity index (χ1) is 19.6. The van der Waals surface area contributed by atoms with Crippen molar-refractivity contribution in [2.24, 2.45) is 5.73 Å². The summed E-state index contributed by atoms with van der Waals surface area (Å²) < 4.78 is 38.8. The zero-order chi connectivity index (χ0) is 31.0. The summed E-state index contributed by atoms with van der Waals surface area (Å²) in [5.41, 5.74) is 10.1. The van der Waals surface area contributed by atoms with Gasteiger partial charge in [-0.05, 0) is 39.0 Å². The second-order valence-electron chi connectivity index (χ2n) is 10.8. The molecular weight excluding hydrogens is 565 g/mol. The topological polar surface area (TPSA) is 206 Å². The van der Waals surface area contributed by atoms with Crippen molar-refractivity contribution in [3.63, 3.8) is 0 Å². The van der Waals surface area contributed by atoms with Gasteiger partial charge in [0.25, 0.3) is 5.56 Å². The van der Waals surface area contributed by atoms with Gasteiger partial charge in [-0.2, -0.15) is 10.1 Å². The van der Waals surface area contributed by atoms with E-state index in [1.807, 2.05) is 0 Å². The Bertz CT molecular complexity index is 1610. The molecule has 3 heterocycles. The summed E-state index contributed by atoms with van der Waals surface area (Å²) in [6.45, 7) is 4.80. The number of nitrogens with zero attached hydrogens (tertiary/aromatic N) is 2. The summed E-state index contributed by atoms with van der Waals surface area (Å²) in [6.07, 6.45) is 2.74. The summed E-state index contributed by atoms with van der Waals surface area (Å²) >= 11 is 0. The van der Waals surface area contributed by atoms with E-state index in [-0.39, 0.29) is 22.7 Å². The zero-order valence-corrected chi connectivity index (χ0v) is 24.7. The number of nitrogen functional groups attached to an aromatic ring is 1. The van der Waals surface area contributed by atoms with Crippen molar-refractivity contribution in [2.75, 3.05) is 5.73 Å². The first-order valence-corrected chi connectivity index (χ1v) is 14.6. The molecule has 0 saturated carbocycles. The number of benzene rings is 1. The number of aromatic nitrogens is 3. The molecule has 1 fully saturated rings. The van der Waals surface area contributed by atoms with Crippen molar-refractivity contribution >= 4 is 46.4 Å². The van der Waals surface area contributed by atoms with Gasteiger partial charge in [0, 0.05) is 11.6 Å². The number of rotatable bonds is 10. The Labute approximate surface area is 243 Å². The van der Waals surface area contributed by atoms with Gasteiger partial charge >= 0.3 is 13.7 Å². The summed E-state index contributed by atoms with van der Waals surface area (Å²) in [5, 5.41) is 12.6. The van der Waals surface area contributed by atoms with Crippen LogP contribution in [0.5, 0.6) is 5.75 Å². The molecule has 1 aliphatic rings. The quantitative estimate of drug-likeness (QED) is 0.0821. The lowest BCUT2D eigenvalue weighted by Crippen LogP contribution is -2.58. The summed E-state index contributed by atoms with van der Waals surface area (Å²) in [5.74, 6) is 1.75. The molecule has 1 saturated heterocycles. The summed E-state index contributed by atoms with van der Waals surface area (Å²) in [7, 11) is -1.40. The molecule has 222 valence electrons. The van der Waals surface area contributed by atoms with Crippen LogP contribution >= 0.6 is 7.75 Å². The van der Waals surface area contributed by atoms with E-state index in [4.69, 9.17) is 36.4 Å². The monoisotopic (exact) mass is 598 g/mol. The maximum atomic E-state index is 14.2. The van der Waals surface area contributed by atoms with Gasteiger partial charge in [-0.3, -0.25) is 19.1 Å². The van der Waals surface area contributed by atoms with Crippen LogP contribution in [0.1, 0.15) is 27.0 Å². The molecular formula is C25H33B2N6O8P. The molecule has 7 N–H and O–H groups in total. The van der Waals surface area contributed by atoms with Crippen LogP contribution in [0.3, 0.4) is 0 Å². The van der Waals surface area contributed by atoms with E-state index in [0.29, 0.717) is 0 Å². The molecule has 0 amide bonds. The molecule has 14 nitrogen and oxygen atoms in total. The van der Waals surface area contributed by atoms with Crippen molar-refractivity contribution in [1.29, 1.82) is 0 Å². The highest BCUT2D eigenvalue weighted by molar-refractivity contribution is 7.52. The van der Waals surface area contributed by atoms with Gasteiger partial charge in [-0.1, -0.05) is 24.1 Å². The zero-order valence-electron chi connectivity index (χ0n) is 23.8. The van der Waals surface area contributed by atoms with E-state index < -0.39 is 60.8 Å². The predicted octanol–water partition coefficient (Wildman–Crippen LogP) is -1.05. The number of carbonyl (C=O) groups is 1. The van der Waals surface area contributed by atoms with Crippen molar-refractivity contribution in [1.82, 2.24) is 19.6 Å². The maximum absolute atomic E-state index is 14.2. The third-order valence-corrected chi connectivity index (χ3v) is 8.50. The fourth-order valence-electron chi connectivity index (χ4n) is 4.65. The normalized spacial score (nSPS) is 24.6. The second kappa shape index (κ2) is 11.6. The number of fused-ring (bicyclic) bond motifs is 1. The molecule has 3 aromatic rings. The van der Waals surface area contributed by atoms with Crippen molar-refractivity contribution in [3.05, 3.63) is 52.9 Å². The number of H-pyrrole nitrogens is 1. The standard InChI is InChI=1S/C25H33B2N6O8P/c1-5-24(29)17(34)18(39-22(24)33-12-11-16-19(33)30-23(28)31-20(16)35)25(26,27)41-42(37,40-15-9-7-6-8-10-15)32-14(4)21(36)38-13(2)3/h1,6-14,17-18,22,34H,26-27,29H2,2-4H3,(H,32,37)(H3,28,30,31,35)/t14-,17?,18?,22+,24+,42?/m0/s1. The number of aromatic amines is 1. The lowest BCUT2D eigenvalue weighted by molar-refractivity contribution is -0.149. The molecule has 0 aliphatic carbocycles. The second-order valence-corrected chi connectivity index (χ2v) is 12.4. The van der Waals surface area contributed by atoms with E-state index in [0.717, 1.165) is 0 Å². The molecule has 1 aliphatic heterocycles. The van der Waals surface area contributed by atoms with E-state index in [2.05, 4.69) is 21.0 Å². The number of ether oxygens (including phenoxy) is 2. The van der Waals surface area contributed by atoms with E-state index in [1.54, 1.807) is 44.2 Å². The van der Waals surface area contributed by atoms with Crippen LogP contribution < -0.4 is 26.6 Å². The molecule has 0 bridgehead atoms. The molecule has 1 aromatic carbocycles. The third kappa shape index (κ3) is 6.12. The molecule has 3 unspecified atom stereocenters. The van der Waals surface area contributed by atoms with Crippen LogP contribution in [0.15, 0.2) is 47.4 Å². The molecule has 17 heteroatoms. The maximum Gasteiger partial charge on any atom is 0.458 e. The largest absolute Gasteiger partial charge is 0.462 e. The average molecular weight is 598 g/mol. The summed E-state index contributed by atoms with van der Waals surface area (Å²) in [4.78, 5) is 31.5. The minimum absolute atomic E-state index is 0.120. The number of aliphatic hydroxyl groups is 1. The minimum atomic E-state index is -4.39. The Kier molecular flexibility index (Phi) is 8.67. The average Bonchev–Trinajstić information content (AvgIpc) is 3.42. The Morgan fingerprint density at radius 2 is 2.00 bits per heavy atom. The van der Waals surface area contributed by atoms with Crippen molar-refractivity contribution < 1.29 is 33.0 Å². The SMILES string of the molecule is BC(B)(OP(=O)(N[C@@H](C)C(=O)OC(C)C)Oc1ccccc1)C1O[C@@H](n2ccc3c(=O)[nH]c(N)nc32)[C@@](N)(C#C)C1O. The van der Waals surface area contributed by atoms with Crippen LogP contribution in [0.2, 0.25) is 0 Å². The van der Waals surface area contributed by atoms with E-state index >= 15 is 0 Å². The molecule has 2 aromatic heterocycles. The number of para-hydroxylation sites is 1. The first-order valence-electron chi connectivity index (χ1n) is 13.1. The number of nitrogens with one attached hydrogen (secondary N) is 2. The highest BCUT2D eigenvalue weighted by Gasteiger charge is 2.60. The lowest BCUT2D eigenvalue weighted by Gasteiger charge is -2.37. The van der Waals surface area contributed by atoms with E-state index in [9.17, 15) is 19.3 Å². The number of nitrogens with two attached hydrogens (primary N) is 2. The third-order valence-electron chi connectivity index (χ3n) is 6.63. The number of aliphatic hydroxyl groups excluding tert-OH is 1. The first kappa shape index (κ1) is 31.4. The molecule has 0 radical (unpaired) electrons. The highest BCUT2D eigenvalue weighted by atomic mass is 31.2. The van der Waals surface area contributed by atoms with Gasteiger partial charge in [0.1, 0.15) is 39.7 Å². The molecule has 42 heavy (non-hydrogen) atoms. The van der Waals surface area contributed by atoms with Gasteiger partial charge in [0.15, 0.2) is 17.4 Å². The Morgan fingerprint density at radius 1 is 1.33 bits per heavy atom. The van der Waals surface area contributed by atoms with Gasteiger partial charge in [-0.25, -0.2) is 4.57 Å². The Hall–Kier alpha value is -3.57. The van der Waals surface area contributed by atoms with Crippen LogP contribution in [0, 0.1) is 12.3 Å². The number of terminal acetylenes is 1. The van der Waals surface area contributed by atoms with Crippen LogP contribution in [-0.4, -0.2) is 76.6 Å². The van der Waals surface area contributed by atoms with E-state index in [1.165, 1.54) is 39.4 Å². The molecule has 4 rings (SSSR count).